The van der Waals surface area contributed by atoms with Crippen LogP contribution in [0, 0.1) is 11.3 Å². The van der Waals surface area contributed by atoms with Gasteiger partial charge in [0.15, 0.2) is 0 Å². The van der Waals surface area contributed by atoms with Crippen molar-refractivity contribution in [3.63, 3.8) is 0 Å². The lowest BCUT2D eigenvalue weighted by molar-refractivity contribution is 0.414. The Kier molecular flexibility index (Phi) is 3.40. The third-order valence-electron chi connectivity index (χ3n) is 3.22. The van der Waals surface area contributed by atoms with Gasteiger partial charge in [-0.2, -0.15) is 5.26 Å². The highest BCUT2D eigenvalue weighted by atomic mass is 16.5. The van der Waals surface area contributed by atoms with Gasteiger partial charge in [-0.25, -0.2) is 4.98 Å². The summed E-state index contributed by atoms with van der Waals surface area (Å²) in [4.78, 5) is 4.20. The van der Waals surface area contributed by atoms with Crippen molar-refractivity contribution < 1.29 is 4.74 Å². The second-order valence-corrected chi connectivity index (χ2v) is 4.56. The fraction of sp³-hybridized carbons (Fsp3) is 0.0588. The molecule has 21 heavy (non-hydrogen) atoms. The number of nitriles is 1. The fourth-order valence-electron chi connectivity index (χ4n) is 2.16. The molecule has 0 saturated heterocycles. The third kappa shape index (κ3) is 2.63. The Morgan fingerprint density at radius 2 is 2.24 bits per heavy atom. The van der Waals surface area contributed by atoms with Gasteiger partial charge in [0.05, 0.1) is 18.8 Å². The molecule has 1 aromatic carbocycles. The summed E-state index contributed by atoms with van der Waals surface area (Å²) in [5.41, 5.74) is 3.25. The van der Waals surface area contributed by atoms with Gasteiger partial charge in [-0.05, 0) is 41.5 Å². The van der Waals surface area contributed by atoms with Crippen LogP contribution in [0.2, 0.25) is 0 Å². The van der Waals surface area contributed by atoms with Crippen LogP contribution in [0.15, 0.2) is 55.0 Å². The summed E-state index contributed by atoms with van der Waals surface area (Å²) in [5, 5.41) is 9.40. The topological polar surface area (TPSA) is 50.3 Å². The minimum Gasteiger partial charge on any atom is -0.497 e. The molecule has 0 unspecified atom stereocenters. The van der Waals surface area contributed by atoms with Crippen LogP contribution in [0.5, 0.6) is 5.75 Å². The minimum absolute atomic E-state index is 0.591. The third-order valence-corrected chi connectivity index (χ3v) is 3.22. The van der Waals surface area contributed by atoms with Gasteiger partial charge in [0.25, 0.3) is 0 Å². The summed E-state index contributed by atoms with van der Waals surface area (Å²) < 4.78 is 7.12. The Morgan fingerprint density at radius 3 is 3.05 bits per heavy atom. The Labute approximate surface area is 122 Å². The Morgan fingerprint density at radius 1 is 1.33 bits per heavy atom. The average molecular weight is 275 g/mol. The predicted molar refractivity (Wildman–Crippen MR) is 81.7 cm³/mol. The van der Waals surface area contributed by atoms with Crippen molar-refractivity contribution in [1.29, 1.82) is 5.26 Å². The molecule has 0 aliphatic heterocycles. The first-order valence-corrected chi connectivity index (χ1v) is 6.49. The van der Waals surface area contributed by atoms with Gasteiger partial charge in [-0.15, -0.1) is 0 Å². The fourth-order valence-corrected chi connectivity index (χ4v) is 2.16. The van der Waals surface area contributed by atoms with Crippen LogP contribution in [0.1, 0.15) is 11.1 Å². The van der Waals surface area contributed by atoms with Crippen molar-refractivity contribution in [2.24, 2.45) is 0 Å². The Hall–Kier alpha value is -3.06. The predicted octanol–water partition coefficient (Wildman–Crippen LogP) is 3.41. The van der Waals surface area contributed by atoms with Gasteiger partial charge >= 0.3 is 0 Å². The van der Waals surface area contributed by atoms with E-state index in [-0.39, 0.29) is 0 Å². The highest BCUT2D eigenvalue weighted by Gasteiger charge is 2.03. The number of fused-ring (bicyclic) bond motifs is 1. The lowest BCUT2D eigenvalue weighted by Gasteiger charge is -2.04. The molecule has 0 atom stereocenters. The van der Waals surface area contributed by atoms with E-state index in [9.17, 15) is 5.26 Å². The molecule has 3 rings (SSSR count). The van der Waals surface area contributed by atoms with E-state index in [0.717, 1.165) is 22.5 Å². The number of methoxy groups -OCH3 is 1. The van der Waals surface area contributed by atoms with Crippen molar-refractivity contribution in [2.75, 3.05) is 7.11 Å². The minimum atomic E-state index is 0.591. The zero-order chi connectivity index (χ0) is 14.7. The molecule has 4 nitrogen and oxygen atoms in total. The van der Waals surface area contributed by atoms with Crippen molar-refractivity contribution in [3.8, 4) is 11.8 Å². The lowest BCUT2D eigenvalue weighted by atomic mass is 10.0. The molecule has 4 heteroatoms. The first-order valence-electron chi connectivity index (χ1n) is 6.49. The van der Waals surface area contributed by atoms with Crippen LogP contribution < -0.4 is 4.74 Å². The normalized spacial score (nSPS) is 11.3. The van der Waals surface area contributed by atoms with E-state index >= 15 is 0 Å². The van der Waals surface area contributed by atoms with Crippen LogP contribution in [0.4, 0.5) is 0 Å². The number of nitrogens with zero attached hydrogens (tertiary/aromatic N) is 3. The van der Waals surface area contributed by atoms with E-state index in [4.69, 9.17) is 4.74 Å². The highest BCUT2D eigenvalue weighted by Crippen LogP contribution is 2.22. The van der Waals surface area contributed by atoms with Crippen molar-refractivity contribution in [3.05, 3.63) is 66.1 Å². The summed E-state index contributed by atoms with van der Waals surface area (Å²) in [6.07, 6.45) is 7.43. The SMILES string of the molecule is COc1cccc(C(C#N)=Cc2ccc3nccn3c2)c1. The van der Waals surface area contributed by atoms with Crippen molar-refractivity contribution in [1.82, 2.24) is 9.38 Å². The first kappa shape index (κ1) is 12.9. The monoisotopic (exact) mass is 275 g/mol. The summed E-state index contributed by atoms with van der Waals surface area (Å²) in [6, 6.07) is 13.6. The number of hydrogen-bond acceptors (Lipinski definition) is 3. The molecule has 0 saturated carbocycles. The molecule has 0 amide bonds. The van der Waals surface area contributed by atoms with Crippen molar-refractivity contribution in [2.45, 2.75) is 0 Å². The number of ether oxygens (including phenoxy) is 1. The number of pyridine rings is 1. The number of benzene rings is 1. The molecule has 0 bridgehead atoms. The smallest absolute Gasteiger partial charge is 0.136 e. The van der Waals surface area contributed by atoms with E-state index in [2.05, 4.69) is 11.1 Å². The summed E-state index contributed by atoms with van der Waals surface area (Å²) in [7, 11) is 1.61. The number of imidazole rings is 1. The molecule has 0 spiro atoms. The highest BCUT2D eigenvalue weighted by molar-refractivity contribution is 5.89. The molecular formula is C17H13N3O. The van der Waals surface area contributed by atoms with E-state index in [1.165, 1.54) is 0 Å². The van der Waals surface area contributed by atoms with Gasteiger partial charge in [-0.3, -0.25) is 0 Å². The van der Waals surface area contributed by atoms with Crippen LogP contribution >= 0.6 is 0 Å². The zero-order valence-corrected chi connectivity index (χ0v) is 11.5. The molecule has 0 N–H and O–H groups in total. The van der Waals surface area contributed by atoms with Crippen LogP contribution in [-0.2, 0) is 0 Å². The molecule has 2 aromatic heterocycles. The van der Waals surface area contributed by atoms with E-state index in [1.807, 2.05) is 59.3 Å². The molecular weight excluding hydrogens is 262 g/mol. The van der Waals surface area contributed by atoms with Gasteiger partial charge in [-0.1, -0.05) is 12.1 Å². The molecule has 3 aromatic rings. The first-order chi connectivity index (χ1) is 10.3. The number of hydrogen-bond donors (Lipinski definition) is 0. The molecule has 0 fully saturated rings. The maximum atomic E-state index is 9.40. The Balaban J connectivity index is 2.03. The zero-order valence-electron chi connectivity index (χ0n) is 11.5. The van der Waals surface area contributed by atoms with E-state index in [0.29, 0.717) is 5.57 Å². The second kappa shape index (κ2) is 5.51. The molecule has 2 heterocycles. The quantitative estimate of drug-likeness (QED) is 0.688. The summed E-state index contributed by atoms with van der Waals surface area (Å²) in [5.74, 6) is 0.735. The average Bonchev–Trinajstić information content (AvgIpc) is 3.00. The standard InChI is InChI=1S/C17H13N3O/c1-21-16-4-2-3-14(10-16)15(11-18)9-13-5-6-17-19-7-8-20(17)12-13/h2-10,12H,1H3. The molecule has 0 aliphatic rings. The maximum Gasteiger partial charge on any atom is 0.136 e. The molecule has 0 aliphatic carbocycles. The van der Waals surface area contributed by atoms with Crippen LogP contribution in [0.3, 0.4) is 0 Å². The van der Waals surface area contributed by atoms with Gasteiger partial charge in [0.1, 0.15) is 11.4 Å². The summed E-state index contributed by atoms with van der Waals surface area (Å²) >= 11 is 0. The maximum absolute atomic E-state index is 9.40. The number of allylic oxidation sites excluding steroid dienone is 1. The van der Waals surface area contributed by atoms with E-state index in [1.54, 1.807) is 13.3 Å². The summed E-state index contributed by atoms with van der Waals surface area (Å²) in [6.45, 7) is 0. The van der Waals surface area contributed by atoms with Gasteiger partial charge in [0.2, 0.25) is 0 Å². The van der Waals surface area contributed by atoms with Gasteiger partial charge in [0, 0.05) is 18.6 Å². The molecule has 102 valence electrons. The number of aromatic nitrogens is 2. The lowest BCUT2D eigenvalue weighted by Crippen LogP contribution is -1.88. The van der Waals surface area contributed by atoms with Crippen LogP contribution in [0.25, 0.3) is 17.3 Å². The molecule has 0 radical (unpaired) electrons. The van der Waals surface area contributed by atoms with Crippen LogP contribution in [-0.4, -0.2) is 16.5 Å². The van der Waals surface area contributed by atoms with Crippen molar-refractivity contribution >= 4 is 17.3 Å². The second-order valence-electron chi connectivity index (χ2n) is 4.56. The number of rotatable bonds is 3. The van der Waals surface area contributed by atoms with Gasteiger partial charge < -0.3 is 9.14 Å². The Bertz CT molecular complexity index is 856. The largest absolute Gasteiger partial charge is 0.497 e. The van der Waals surface area contributed by atoms with E-state index < -0.39 is 0 Å².